The predicted molar refractivity (Wildman–Crippen MR) is 71.5 cm³/mol. The van der Waals surface area contributed by atoms with Gasteiger partial charge in [-0.1, -0.05) is 18.2 Å². The van der Waals surface area contributed by atoms with Crippen molar-refractivity contribution in [2.24, 2.45) is 0 Å². The van der Waals surface area contributed by atoms with Crippen molar-refractivity contribution in [3.63, 3.8) is 0 Å². The van der Waals surface area contributed by atoms with Gasteiger partial charge in [0.2, 0.25) is 5.91 Å². The minimum absolute atomic E-state index is 0.0597. The molecule has 0 spiro atoms. The van der Waals surface area contributed by atoms with Gasteiger partial charge in [0.1, 0.15) is 6.54 Å². The average molecular weight is 243 g/mol. The molecule has 0 radical (unpaired) electrons. The zero-order valence-corrected chi connectivity index (χ0v) is 10.9. The molecule has 1 aromatic carbocycles. The number of rotatable bonds is 3. The molecule has 4 nitrogen and oxygen atoms in total. The normalized spacial score (nSPS) is 10.4. The minimum atomic E-state index is -0.0597. The van der Waals surface area contributed by atoms with Gasteiger partial charge in [0.25, 0.3) is 0 Å². The maximum atomic E-state index is 11.9. The summed E-state index contributed by atoms with van der Waals surface area (Å²) in [6.07, 6.45) is 0. The molecule has 0 aliphatic carbocycles. The van der Waals surface area contributed by atoms with Gasteiger partial charge < -0.3 is 5.32 Å². The molecule has 0 aliphatic heterocycles. The summed E-state index contributed by atoms with van der Waals surface area (Å²) in [6.45, 7) is 6.08. The van der Waals surface area contributed by atoms with Crippen molar-refractivity contribution in [3.05, 3.63) is 47.3 Å². The maximum absolute atomic E-state index is 11.9. The maximum Gasteiger partial charge on any atom is 0.246 e. The molecule has 2 aromatic rings. The molecule has 94 valence electrons. The number of hydrogen-bond donors (Lipinski definition) is 1. The van der Waals surface area contributed by atoms with Gasteiger partial charge in [-0.3, -0.25) is 9.48 Å². The number of para-hydroxylation sites is 1. The monoisotopic (exact) mass is 243 g/mol. The smallest absolute Gasteiger partial charge is 0.246 e. The number of aryl methyl sites for hydroxylation is 3. The van der Waals surface area contributed by atoms with Crippen LogP contribution in [-0.2, 0) is 11.3 Å². The van der Waals surface area contributed by atoms with Gasteiger partial charge >= 0.3 is 0 Å². The largest absolute Gasteiger partial charge is 0.324 e. The number of carbonyl (C=O) groups is 1. The van der Waals surface area contributed by atoms with Gasteiger partial charge in [0, 0.05) is 11.4 Å². The van der Waals surface area contributed by atoms with Crippen molar-refractivity contribution in [1.82, 2.24) is 9.78 Å². The van der Waals surface area contributed by atoms with Gasteiger partial charge in [0.15, 0.2) is 0 Å². The van der Waals surface area contributed by atoms with Crippen LogP contribution in [0, 0.1) is 20.8 Å². The molecule has 0 saturated heterocycles. The number of nitrogens with one attached hydrogen (secondary N) is 1. The fourth-order valence-corrected chi connectivity index (χ4v) is 1.87. The predicted octanol–water partition coefficient (Wildman–Crippen LogP) is 2.45. The van der Waals surface area contributed by atoms with Crippen LogP contribution in [0.3, 0.4) is 0 Å². The van der Waals surface area contributed by atoms with Gasteiger partial charge in [-0.25, -0.2) is 0 Å². The Balaban J connectivity index is 2.06. The fraction of sp³-hybridized carbons (Fsp3) is 0.286. The zero-order chi connectivity index (χ0) is 13.1. The fourth-order valence-electron chi connectivity index (χ4n) is 1.87. The lowest BCUT2D eigenvalue weighted by atomic mass is 10.2. The summed E-state index contributed by atoms with van der Waals surface area (Å²) in [4.78, 5) is 11.9. The first-order valence-electron chi connectivity index (χ1n) is 5.93. The van der Waals surface area contributed by atoms with Crippen molar-refractivity contribution in [2.75, 3.05) is 5.32 Å². The molecule has 1 heterocycles. The number of carbonyl (C=O) groups excluding carboxylic acids is 1. The summed E-state index contributed by atoms with van der Waals surface area (Å²) in [7, 11) is 0. The molecule has 4 heteroatoms. The first kappa shape index (κ1) is 12.4. The van der Waals surface area contributed by atoms with Crippen LogP contribution in [0.5, 0.6) is 0 Å². The zero-order valence-electron chi connectivity index (χ0n) is 10.9. The lowest BCUT2D eigenvalue weighted by Gasteiger charge is -2.08. The summed E-state index contributed by atoms with van der Waals surface area (Å²) in [5.74, 6) is -0.0597. The van der Waals surface area contributed by atoms with E-state index in [-0.39, 0.29) is 12.5 Å². The van der Waals surface area contributed by atoms with E-state index in [0.717, 1.165) is 22.6 Å². The van der Waals surface area contributed by atoms with E-state index in [0.29, 0.717) is 0 Å². The lowest BCUT2D eigenvalue weighted by molar-refractivity contribution is -0.116. The van der Waals surface area contributed by atoms with E-state index >= 15 is 0 Å². The van der Waals surface area contributed by atoms with Gasteiger partial charge in [-0.05, 0) is 38.5 Å². The number of anilines is 1. The molecule has 1 amide bonds. The third-order valence-electron chi connectivity index (χ3n) is 2.82. The van der Waals surface area contributed by atoms with Crippen LogP contribution in [0.15, 0.2) is 30.3 Å². The Morgan fingerprint density at radius 3 is 2.61 bits per heavy atom. The Hall–Kier alpha value is -2.10. The quantitative estimate of drug-likeness (QED) is 0.900. The summed E-state index contributed by atoms with van der Waals surface area (Å²) in [5.41, 5.74) is 3.83. The van der Waals surface area contributed by atoms with Gasteiger partial charge in [0.05, 0.1) is 5.69 Å². The van der Waals surface area contributed by atoms with Crippen molar-refractivity contribution in [1.29, 1.82) is 0 Å². The molecule has 0 saturated carbocycles. The molecule has 0 aliphatic rings. The van der Waals surface area contributed by atoms with E-state index in [1.165, 1.54) is 0 Å². The molecule has 18 heavy (non-hydrogen) atoms. The Morgan fingerprint density at radius 1 is 1.28 bits per heavy atom. The first-order valence-corrected chi connectivity index (χ1v) is 5.93. The van der Waals surface area contributed by atoms with Crippen LogP contribution < -0.4 is 5.32 Å². The molecule has 0 unspecified atom stereocenters. The van der Waals surface area contributed by atoms with Crippen LogP contribution in [0.1, 0.15) is 17.0 Å². The molecule has 2 rings (SSSR count). The van der Waals surface area contributed by atoms with Gasteiger partial charge in [-0.15, -0.1) is 0 Å². The number of hydrogen-bond acceptors (Lipinski definition) is 2. The average Bonchev–Trinajstić information content (AvgIpc) is 2.61. The van der Waals surface area contributed by atoms with E-state index in [4.69, 9.17) is 0 Å². The van der Waals surface area contributed by atoms with Crippen LogP contribution in [0.2, 0.25) is 0 Å². The van der Waals surface area contributed by atoms with Crippen LogP contribution >= 0.6 is 0 Å². The standard InChI is InChI=1S/C14H17N3O/c1-10-6-4-5-7-13(10)15-14(18)9-17-12(3)8-11(2)16-17/h4-8H,9H2,1-3H3,(H,15,18). The Kier molecular flexibility index (Phi) is 3.46. The first-order chi connectivity index (χ1) is 8.56. The highest BCUT2D eigenvalue weighted by Gasteiger charge is 2.08. The molecule has 1 N–H and O–H groups in total. The summed E-state index contributed by atoms with van der Waals surface area (Å²) >= 11 is 0. The minimum Gasteiger partial charge on any atom is -0.324 e. The summed E-state index contributed by atoms with van der Waals surface area (Å²) in [5, 5.41) is 7.17. The number of amides is 1. The SMILES string of the molecule is Cc1cc(C)n(CC(=O)Nc2ccccc2C)n1. The summed E-state index contributed by atoms with van der Waals surface area (Å²) in [6, 6.07) is 9.69. The van der Waals surface area contributed by atoms with Crippen molar-refractivity contribution in [2.45, 2.75) is 27.3 Å². The topological polar surface area (TPSA) is 46.9 Å². The molecular formula is C14H17N3O. The highest BCUT2D eigenvalue weighted by Crippen LogP contribution is 2.13. The van der Waals surface area contributed by atoms with Crippen LogP contribution in [-0.4, -0.2) is 15.7 Å². The second-order valence-electron chi connectivity index (χ2n) is 4.45. The van der Waals surface area contributed by atoms with Crippen LogP contribution in [0.4, 0.5) is 5.69 Å². The summed E-state index contributed by atoms with van der Waals surface area (Å²) < 4.78 is 1.71. The van der Waals surface area contributed by atoms with E-state index in [1.807, 2.05) is 51.1 Å². The van der Waals surface area contributed by atoms with E-state index in [9.17, 15) is 4.79 Å². The molecular weight excluding hydrogens is 226 g/mol. The van der Waals surface area contributed by atoms with Crippen molar-refractivity contribution in [3.8, 4) is 0 Å². The van der Waals surface area contributed by atoms with E-state index in [2.05, 4.69) is 10.4 Å². The van der Waals surface area contributed by atoms with Crippen molar-refractivity contribution >= 4 is 11.6 Å². The lowest BCUT2D eigenvalue weighted by Crippen LogP contribution is -2.20. The Morgan fingerprint density at radius 2 is 2.00 bits per heavy atom. The number of nitrogens with zero attached hydrogens (tertiary/aromatic N) is 2. The number of aromatic nitrogens is 2. The Bertz CT molecular complexity index is 572. The highest BCUT2D eigenvalue weighted by atomic mass is 16.2. The van der Waals surface area contributed by atoms with Crippen molar-refractivity contribution < 1.29 is 4.79 Å². The molecule has 0 bridgehead atoms. The Labute approximate surface area is 107 Å². The number of benzene rings is 1. The molecule has 1 aromatic heterocycles. The van der Waals surface area contributed by atoms with E-state index in [1.54, 1.807) is 4.68 Å². The van der Waals surface area contributed by atoms with Gasteiger partial charge in [-0.2, -0.15) is 5.10 Å². The van der Waals surface area contributed by atoms with Crippen LogP contribution in [0.25, 0.3) is 0 Å². The highest BCUT2D eigenvalue weighted by molar-refractivity contribution is 5.91. The molecule has 0 atom stereocenters. The molecule has 0 fully saturated rings. The second kappa shape index (κ2) is 5.04. The third-order valence-corrected chi connectivity index (χ3v) is 2.82. The second-order valence-corrected chi connectivity index (χ2v) is 4.45. The van der Waals surface area contributed by atoms with E-state index < -0.39 is 0 Å². The third kappa shape index (κ3) is 2.77.